The van der Waals surface area contributed by atoms with Gasteiger partial charge in [0.15, 0.2) is 5.82 Å². The van der Waals surface area contributed by atoms with Crippen LogP contribution in [0.3, 0.4) is 0 Å². The highest BCUT2D eigenvalue weighted by Crippen LogP contribution is 2.13. The average molecular weight is 249 g/mol. The summed E-state index contributed by atoms with van der Waals surface area (Å²) in [6.07, 6.45) is 0.634. The zero-order valence-electron chi connectivity index (χ0n) is 9.72. The highest BCUT2D eigenvalue weighted by atomic mass is 32.2. The van der Waals surface area contributed by atoms with Gasteiger partial charge in [0.1, 0.15) is 0 Å². The Kier molecular flexibility index (Phi) is 4.03. The van der Waals surface area contributed by atoms with Crippen molar-refractivity contribution in [2.24, 2.45) is 0 Å². The average Bonchev–Trinajstić information content (AvgIpc) is 2.74. The maximum Gasteiger partial charge on any atom is 0.231 e. The van der Waals surface area contributed by atoms with E-state index in [0.717, 1.165) is 28.6 Å². The highest BCUT2D eigenvalue weighted by molar-refractivity contribution is 7.98. The summed E-state index contributed by atoms with van der Waals surface area (Å²) < 4.78 is 5.19. The number of hydrogen-bond acceptors (Lipinski definition) is 5. The van der Waals surface area contributed by atoms with Crippen molar-refractivity contribution in [1.82, 2.24) is 10.1 Å². The third-order valence-electron chi connectivity index (χ3n) is 2.25. The van der Waals surface area contributed by atoms with Crippen molar-refractivity contribution in [3.63, 3.8) is 0 Å². The van der Waals surface area contributed by atoms with E-state index in [1.54, 1.807) is 11.8 Å². The van der Waals surface area contributed by atoms with Gasteiger partial charge in [-0.2, -0.15) is 16.7 Å². The van der Waals surface area contributed by atoms with Crippen molar-refractivity contribution in [2.45, 2.75) is 19.1 Å². The molecule has 1 aromatic carbocycles. The van der Waals surface area contributed by atoms with Crippen LogP contribution in [0, 0.1) is 0 Å². The molecule has 0 radical (unpaired) electrons. The number of anilines is 1. The normalized spacial score (nSPS) is 10.6. The fourth-order valence-electron chi connectivity index (χ4n) is 1.49. The first-order valence-corrected chi connectivity index (χ1v) is 6.67. The molecule has 0 amide bonds. The van der Waals surface area contributed by atoms with Gasteiger partial charge in [-0.25, -0.2) is 0 Å². The SMILES string of the molecule is CCSCc1noc(Cc2cccc(N)c2)n1. The summed E-state index contributed by atoms with van der Waals surface area (Å²) in [4.78, 5) is 4.33. The van der Waals surface area contributed by atoms with E-state index in [0.29, 0.717) is 12.3 Å². The lowest BCUT2D eigenvalue weighted by molar-refractivity contribution is 0.381. The van der Waals surface area contributed by atoms with Gasteiger partial charge in [0.05, 0.1) is 12.2 Å². The molecule has 0 aliphatic rings. The molecule has 0 bridgehead atoms. The molecule has 17 heavy (non-hydrogen) atoms. The minimum atomic E-state index is 0.634. The lowest BCUT2D eigenvalue weighted by Crippen LogP contribution is -1.91. The van der Waals surface area contributed by atoms with Gasteiger partial charge in [0.2, 0.25) is 5.89 Å². The second-order valence-corrected chi connectivity index (χ2v) is 4.94. The van der Waals surface area contributed by atoms with Crippen molar-refractivity contribution in [3.05, 3.63) is 41.5 Å². The van der Waals surface area contributed by atoms with E-state index in [4.69, 9.17) is 10.3 Å². The predicted molar refractivity (Wildman–Crippen MR) is 69.8 cm³/mol. The Morgan fingerprint density at radius 3 is 3.06 bits per heavy atom. The molecule has 0 saturated heterocycles. The third-order valence-corrected chi connectivity index (χ3v) is 3.12. The Bertz CT molecular complexity index is 484. The molecule has 0 aliphatic heterocycles. The zero-order valence-corrected chi connectivity index (χ0v) is 10.5. The van der Waals surface area contributed by atoms with Crippen LogP contribution < -0.4 is 5.73 Å². The van der Waals surface area contributed by atoms with Gasteiger partial charge in [-0.15, -0.1) is 0 Å². The fraction of sp³-hybridized carbons (Fsp3) is 0.333. The Labute approximate surface area is 105 Å². The quantitative estimate of drug-likeness (QED) is 0.825. The Balaban J connectivity index is 2.01. The van der Waals surface area contributed by atoms with Crippen LogP contribution in [0.1, 0.15) is 24.2 Å². The third kappa shape index (κ3) is 3.49. The van der Waals surface area contributed by atoms with E-state index in [1.807, 2.05) is 24.3 Å². The topological polar surface area (TPSA) is 64.9 Å². The van der Waals surface area contributed by atoms with Gasteiger partial charge in [-0.05, 0) is 23.4 Å². The monoisotopic (exact) mass is 249 g/mol. The Morgan fingerprint density at radius 2 is 2.29 bits per heavy atom. The summed E-state index contributed by atoms with van der Waals surface area (Å²) in [5, 5.41) is 3.93. The number of nitrogens with two attached hydrogens (primary N) is 1. The maximum absolute atomic E-state index is 5.71. The van der Waals surface area contributed by atoms with Crippen molar-refractivity contribution in [2.75, 3.05) is 11.5 Å². The number of thioether (sulfide) groups is 1. The molecular weight excluding hydrogens is 234 g/mol. The van der Waals surface area contributed by atoms with Crippen LogP contribution in [0.5, 0.6) is 0 Å². The summed E-state index contributed by atoms with van der Waals surface area (Å²) in [5.74, 6) is 3.26. The van der Waals surface area contributed by atoms with E-state index in [2.05, 4.69) is 17.1 Å². The second-order valence-electron chi connectivity index (χ2n) is 3.66. The van der Waals surface area contributed by atoms with Crippen LogP contribution in [0.2, 0.25) is 0 Å². The summed E-state index contributed by atoms with van der Waals surface area (Å²) >= 11 is 1.78. The van der Waals surface area contributed by atoms with Crippen LogP contribution in [0.25, 0.3) is 0 Å². The first-order chi connectivity index (χ1) is 8.28. The smallest absolute Gasteiger partial charge is 0.231 e. The molecule has 1 aromatic heterocycles. The van der Waals surface area contributed by atoms with Crippen LogP contribution in [-0.4, -0.2) is 15.9 Å². The number of benzene rings is 1. The first-order valence-electron chi connectivity index (χ1n) is 5.51. The molecule has 4 nitrogen and oxygen atoms in total. The predicted octanol–water partition coefficient (Wildman–Crippen LogP) is 2.50. The number of rotatable bonds is 5. The Hall–Kier alpha value is -1.49. The number of aromatic nitrogens is 2. The van der Waals surface area contributed by atoms with Crippen LogP contribution in [0.15, 0.2) is 28.8 Å². The first kappa shape index (κ1) is 12.0. The number of nitrogens with zero attached hydrogens (tertiary/aromatic N) is 2. The van der Waals surface area contributed by atoms with Crippen molar-refractivity contribution in [1.29, 1.82) is 0 Å². The maximum atomic E-state index is 5.71. The van der Waals surface area contributed by atoms with E-state index in [9.17, 15) is 0 Å². The van der Waals surface area contributed by atoms with E-state index >= 15 is 0 Å². The number of nitrogen functional groups attached to an aromatic ring is 1. The van der Waals surface area contributed by atoms with Gasteiger partial charge in [0.25, 0.3) is 0 Å². The van der Waals surface area contributed by atoms with Crippen molar-refractivity contribution < 1.29 is 4.52 Å². The molecule has 5 heteroatoms. The molecule has 0 saturated carbocycles. The molecule has 1 heterocycles. The van der Waals surface area contributed by atoms with E-state index < -0.39 is 0 Å². The summed E-state index contributed by atoms with van der Waals surface area (Å²) in [6, 6.07) is 7.71. The minimum Gasteiger partial charge on any atom is -0.399 e. The molecule has 90 valence electrons. The van der Waals surface area contributed by atoms with E-state index in [1.165, 1.54) is 0 Å². The van der Waals surface area contributed by atoms with Crippen LogP contribution in [0.4, 0.5) is 5.69 Å². The summed E-state index contributed by atoms with van der Waals surface area (Å²) in [7, 11) is 0. The van der Waals surface area contributed by atoms with Gasteiger partial charge in [0, 0.05) is 5.69 Å². The number of hydrogen-bond donors (Lipinski definition) is 1. The highest BCUT2D eigenvalue weighted by Gasteiger charge is 2.06. The van der Waals surface area contributed by atoms with Crippen LogP contribution in [-0.2, 0) is 12.2 Å². The van der Waals surface area contributed by atoms with Gasteiger partial charge < -0.3 is 10.3 Å². The lowest BCUT2D eigenvalue weighted by atomic mass is 10.1. The molecule has 0 atom stereocenters. The summed E-state index contributed by atoms with van der Waals surface area (Å²) in [5.41, 5.74) is 7.55. The molecule has 2 aromatic rings. The fourth-order valence-corrected chi connectivity index (χ4v) is 2.00. The largest absolute Gasteiger partial charge is 0.399 e. The molecule has 0 unspecified atom stereocenters. The van der Waals surface area contributed by atoms with E-state index in [-0.39, 0.29) is 0 Å². The van der Waals surface area contributed by atoms with Gasteiger partial charge in [-0.1, -0.05) is 24.2 Å². The van der Waals surface area contributed by atoms with Crippen molar-refractivity contribution >= 4 is 17.4 Å². The Morgan fingerprint density at radius 1 is 1.41 bits per heavy atom. The van der Waals surface area contributed by atoms with Gasteiger partial charge >= 0.3 is 0 Å². The molecule has 2 N–H and O–H groups in total. The molecule has 0 spiro atoms. The molecular formula is C12H15N3OS. The molecule has 0 fully saturated rings. The lowest BCUT2D eigenvalue weighted by Gasteiger charge is -1.97. The minimum absolute atomic E-state index is 0.634. The van der Waals surface area contributed by atoms with Crippen LogP contribution >= 0.6 is 11.8 Å². The van der Waals surface area contributed by atoms with Crippen molar-refractivity contribution in [3.8, 4) is 0 Å². The van der Waals surface area contributed by atoms with Gasteiger partial charge in [-0.3, -0.25) is 0 Å². The summed E-state index contributed by atoms with van der Waals surface area (Å²) in [6.45, 7) is 2.11. The standard InChI is InChI=1S/C12H15N3OS/c1-2-17-8-11-14-12(16-15-11)7-9-4-3-5-10(13)6-9/h3-6H,2,7-8,13H2,1H3. The molecule has 2 rings (SSSR count). The zero-order chi connectivity index (χ0) is 12.1. The second kappa shape index (κ2) is 5.72. The molecule has 0 aliphatic carbocycles.